The first-order valence-corrected chi connectivity index (χ1v) is 13.8. The van der Waals surface area contributed by atoms with Crippen LogP contribution < -0.4 is 29.8 Å². The molecule has 0 spiro atoms. The fourth-order valence-electron chi connectivity index (χ4n) is 4.93. The Hall–Kier alpha value is -6.74. The lowest BCUT2D eigenvalue weighted by Crippen LogP contribution is -2.07. The van der Waals surface area contributed by atoms with Gasteiger partial charge in [-0.05, 0) is 36.4 Å². The number of rotatable bonds is 6. The molecule has 4 aromatic carbocycles. The summed E-state index contributed by atoms with van der Waals surface area (Å²) in [4.78, 5) is 25.2. The van der Waals surface area contributed by atoms with Gasteiger partial charge in [0.25, 0.3) is 0 Å². The van der Waals surface area contributed by atoms with Crippen molar-refractivity contribution in [3.63, 3.8) is 0 Å². The quantitative estimate of drug-likeness (QED) is 0.143. The van der Waals surface area contributed by atoms with Crippen LogP contribution in [0.1, 0.15) is 0 Å². The molecule has 8 N–H and O–H groups in total. The molecular formula is C34H30O15. The Kier molecular flexibility index (Phi) is 9.99. The lowest BCUT2D eigenvalue weighted by Gasteiger charge is -2.11. The van der Waals surface area contributed by atoms with Gasteiger partial charge in [-0.2, -0.15) is 0 Å². The van der Waals surface area contributed by atoms with Gasteiger partial charge >= 0.3 is 0 Å². The van der Waals surface area contributed by atoms with E-state index in [2.05, 4.69) is 0 Å². The van der Waals surface area contributed by atoms with E-state index < -0.39 is 22.4 Å². The van der Waals surface area contributed by atoms with E-state index in [4.69, 9.17) is 27.8 Å². The molecule has 15 heteroatoms. The minimum Gasteiger partial charge on any atom is -0.508 e. The summed E-state index contributed by atoms with van der Waals surface area (Å²) in [7, 11) is 5.39. The monoisotopic (exact) mass is 678 g/mol. The van der Waals surface area contributed by atoms with E-state index in [1.165, 1.54) is 77.0 Å². The molecule has 256 valence electrons. The van der Waals surface area contributed by atoms with Crippen molar-refractivity contribution >= 4 is 21.9 Å². The highest BCUT2D eigenvalue weighted by Gasteiger charge is 2.22. The van der Waals surface area contributed by atoms with Crippen LogP contribution in [0.5, 0.6) is 57.5 Å². The number of hydrogen-bond donors (Lipinski definition) is 6. The fourth-order valence-corrected chi connectivity index (χ4v) is 4.93. The van der Waals surface area contributed by atoms with E-state index >= 15 is 0 Å². The lowest BCUT2D eigenvalue weighted by atomic mass is 10.1. The smallest absolute Gasteiger partial charge is 0.239 e. The molecule has 6 aromatic rings. The third kappa shape index (κ3) is 6.45. The van der Waals surface area contributed by atoms with Crippen molar-refractivity contribution in [2.75, 3.05) is 28.4 Å². The Bertz CT molecular complexity index is 2140. The van der Waals surface area contributed by atoms with E-state index in [1.54, 1.807) is 0 Å². The highest BCUT2D eigenvalue weighted by molar-refractivity contribution is 5.89. The number of phenols is 6. The Labute approximate surface area is 275 Å². The molecule has 0 fully saturated rings. The Morgan fingerprint density at radius 2 is 0.857 bits per heavy atom. The lowest BCUT2D eigenvalue weighted by molar-refractivity contribution is 0.373. The van der Waals surface area contributed by atoms with E-state index in [0.29, 0.717) is 11.1 Å². The molecule has 0 saturated carbocycles. The zero-order valence-electron chi connectivity index (χ0n) is 26.2. The molecule has 0 aliphatic rings. The van der Waals surface area contributed by atoms with Gasteiger partial charge in [0.2, 0.25) is 22.4 Å². The summed E-state index contributed by atoms with van der Waals surface area (Å²) < 4.78 is 31.7. The van der Waals surface area contributed by atoms with Gasteiger partial charge in [0.15, 0.2) is 34.5 Å². The fraction of sp³-hybridized carbons (Fsp3) is 0.118. The molecule has 0 aliphatic carbocycles. The SMILES string of the molecule is COc1cc(-c2oc3cc(O)cc(O)c3c(=O)c2OC)ccc1O.COc1cc(-c2oc3cc(O)cc(O)c3c(=O)c2OC)ccc1O.O. The maximum absolute atomic E-state index is 12.6. The number of hydrogen-bond acceptors (Lipinski definition) is 14. The second kappa shape index (κ2) is 13.9. The standard InChI is InChI=1S/2C17H14O7.H2O/c2*1-22-12-5-8(3-4-10(12)19)16-17(23-2)15(21)14-11(20)6-9(18)7-13(14)24-16;/h2*3-7,18-20H,1-2H3;1H2. The minimum absolute atomic E-state index is 0. The molecule has 0 bridgehead atoms. The highest BCUT2D eigenvalue weighted by atomic mass is 16.5. The summed E-state index contributed by atoms with van der Waals surface area (Å²) >= 11 is 0. The molecule has 0 saturated heterocycles. The molecule has 2 aromatic heterocycles. The Morgan fingerprint density at radius 1 is 0.490 bits per heavy atom. The van der Waals surface area contributed by atoms with Crippen molar-refractivity contribution in [1.29, 1.82) is 0 Å². The van der Waals surface area contributed by atoms with Crippen LogP contribution in [-0.2, 0) is 0 Å². The summed E-state index contributed by atoms with van der Waals surface area (Å²) in [5.74, 6) is -1.14. The molecule has 0 unspecified atom stereocenters. The Morgan fingerprint density at radius 3 is 1.18 bits per heavy atom. The number of phenolic OH excluding ortho intramolecular Hbond substituents is 6. The van der Waals surface area contributed by atoms with Crippen LogP contribution >= 0.6 is 0 Å². The molecule has 0 radical (unpaired) electrons. The molecular weight excluding hydrogens is 648 g/mol. The van der Waals surface area contributed by atoms with Crippen LogP contribution in [0.4, 0.5) is 0 Å². The summed E-state index contributed by atoms with van der Waals surface area (Å²) in [6.07, 6.45) is 0. The summed E-state index contributed by atoms with van der Waals surface area (Å²) in [6, 6.07) is 13.3. The van der Waals surface area contributed by atoms with Crippen LogP contribution in [-0.4, -0.2) is 64.6 Å². The Balaban J connectivity index is 0.000000216. The maximum Gasteiger partial charge on any atom is 0.239 e. The third-order valence-electron chi connectivity index (χ3n) is 7.13. The summed E-state index contributed by atoms with van der Waals surface area (Å²) in [6.45, 7) is 0. The predicted molar refractivity (Wildman–Crippen MR) is 176 cm³/mol. The van der Waals surface area contributed by atoms with E-state index in [9.17, 15) is 40.2 Å². The number of aromatic hydroxyl groups is 6. The topological polar surface area (TPSA) is 250 Å². The highest BCUT2D eigenvalue weighted by Crippen LogP contribution is 2.40. The van der Waals surface area contributed by atoms with Crippen LogP contribution in [0.3, 0.4) is 0 Å². The van der Waals surface area contributed by atoms with Crippen LogP contribution in [0.15, 0.2) is 79.1 Å². The van der Waals surface area contributed by atoms with Gasteiger partial charge in [0, 0.05) is 35.4 Å². The van der Waals surface area contributed by atoms with Crippen molar-refractivity contribution in [1.82, 2.24) is 0 Å². The van der Waals surface area contributed by atoms with E-state index in [1.807, 2.05) is 0 Å². The average molecular weight is 679 g/mol. The number of ether oxygens (including phenoxy) is 4. The van der Waals surface area contributed by atoms with Gasteiger partial charge in [0.05, 0.1) is 28.4 Å². The van der Waals surface area contributed by atoms with Crippen molar-refractivity contribution < 1.29 is 63.9 Å². The first kappa shape index (κ1) is 35.1. The average Bonchev–Trinajstić information content (AvgIpc) is 3.04. The second-order valence-corrected chi connectivity index (χ2v) is 10.0. The summed E-state index contributed by atoms with van der Waals surface area (Å²) in [5.41, 5.74) is -0.330. The molecule has 49 heavy (non-hydrogen) atoms. The van der Waals surface area contributed by atoms with E-state index in [-0.39, 0.29) is 84.9 Å². The number of fused-ring (bicyclic) bond motifs is 2. The van der Waals surface area contributed by atoms with Gasteiger partial charge in [-0.25, -0.2) is 0 Å². The molecule has 15 nitrogen and oxygen atoms in total. The van der Waals surface area contributed by atoms with Crippen molar-refractivity contribution in [3.05, 3.63) is 81.1 Å². The minimum atomic E-state index is -0.585. The van der Waals surface area contributed by atoms with Crippen molar-refractivity contribution in [3.8, 4) is 80.1 Å². The van der Waals surface area contributed by atoms with Gasteiger partial charge in [-0.1, -0.05) is 0 Å². The number of benzene rings is 4. The first-order chi connectivity index (χ1) is 22.9. The van der Waals surface area contributed by atoms with Crippen LogP contribution in [0, 0.1) is 0 Å². The largest absolute Gasteiger partial charge is 0.508 e. The number of methoxy groups -OCH3 is 4. The normalized spacial score (nSPS) is 10.5. The van der Waals surface area contributed by atoms with Crippen molar-refractivity contribution in [2.24, 2.45) is 0 Å². The molecule has 6 rings (SSSR count). The van der Waals surface area contributed by atoms with Crippen LogP contribution in [0.2, 0.25) is 0 Å². The predicted octanol–water partition coefficient (Wildman–Crippen LogP) is 4.36. The maximum atomic E-state index is 12.6. The summed E-state index contributed by atoms with van der Waals surface area (Å²) in [5, 5.41) is 58.2. The van der Waals surface area contributed by atoms with E-state index in [0.717, 1.165) is 12.1 Å². The van der Waals surface area contributed by atoms with Gasteiger partial charge in [0.1, 0.15) is 44.9 Å². The molecule has 0 amide bonds. The van der Waals surface area contributed by atoms with Crippen LogP contribution in [0.25, 0.3) is 44.6 Å². The van der Waals surface area contributed by atoms with Gasteiger partial charge in [-0.15, -0.1) is 0 Å². The third-order valence-corrected chi connectivity index (χ3v) is 7.13. The molecule has 0 atom stereocenters. The molecule has 0 aliphatic heterocycles. The zero-order chi connectivity index (χ0) is 34.9. The first-order valence-electron chi connectivity index (χ1n) is 13.8. The zero-order valence-corrected chi connectivity index (χ0v) is 26.2. The van der Waals surface area contributed by atoms with Gasteiger partial charge < -0.3 is 63.9 Å². The van der Waals surface area contributed by atoms with Crippen molar-refractivity contribution in [2.45, 2.75) is 0 Å². The second-order valence-electron chi connectivity index (χ2n) is 10.0. The molecule has 2 heterocycles. The van der Waals surface area contributed by atoms with Gasteiger partial charge in [-0.3, -0.25) is 9.59 Å².